The van der Waals surface area contributed by atoms with Crippen molar-refractivity contribution in [1.29, 1.82) is 0 Å². The van der Waals surface area contributed by atoms with Gasteiger partial charge in [0.05, 0.1) is 6.20 Å². The summed E-state index contributed by atoms with van der Waals surface area (Å²) in [6.45, 7) is 1.97. The van der Waals surface area contributed by atoms with Crippen LogP contribution in [-0.2, 0) is 16.1 Å². The standard InChI is InChI=1S/C16H19N5O2/c1-11-5-2-3-8-13(11)17-15(22)10-21-9-14(19-20-21)18-16(23)12-6-4-7-12/h2-3,5,8-9,12H,4,6-7,10H2,1H3,(H,17,22)(H,18,23). The molecule has 1 heterocycles. The first-order valence-electron chi connectivity index (χ1n) is 7.68. The quantitative estimate of drug-likeness (QED) is 0.883. The van der Waals surface area contributed by atoms with E-state index in [1.54, 1.807) is 6.20 Å². The van der Waals surface area contributed by atoms with E-state index >= 15 is 0 Å². The number of hydrogen-bond acceptors (Lipinski definition) is 4. The third-order valence-corrected chi connectivity index (χ3v) is 3.99. The largest absolute Gasteiger partial charge is 0.324 e. The second kappa shape index (κ2) is 6.60. The van der Waals surface area contributed by atoms with Gasteiger partial charge in [0.25, 0.3) is 0 Å². The molecule has 1 aliphatic rings. The zero-order valence-corrected chi connectivity index (χ0v) is 13.0. The first kappa shape index (κ1) is 15.2. The van der Waals surface area contributed by atoms with Gasteiger partial charge in [0, 0.05) is 11.6 Å². The molecule has 1 aromatic carbocycles. The van der Waals surface area contributed by atoms with Crippen molar-refractivity contribution < 1.29 is 9.59 Å². The topological polar surface area (TPSA) is 88.9 Å². The van der Waals surface area contributed by atoms with E-state index in [1.165, 1.54) is 4.68 Å². The van der Waals surface area contributed by atoms with Crippen LogP contribution in [0.25, 0.3) is 0 Å². The molecule has 2 N–H and O–H groups in total. The monoisotopic (exact) mass is 313 g/mol. The maximum absolute atomic E-state index is 12.0. The molecular formula is C16H19N5O2. The van der Waals surface area contributed by atoms with Gasteiger partial charge in [-0.15, -0.1) is 5.10 Å². The number of para-hydroxylation sites is 1. The second-order valence-electron chi connectivity index (χ2n) is 5.78. The Morgan fingerprint density at radius 2 is 2.04 bits per heavy atom. The lowest BCUT2D eigenvalue weighted by Gasteiger charge is -2.23. The normalized spacial score (nSPS) is 14.1. The zero-order valence-electron chi connectivity index (χ0n) is 13.0. The highest BCUT2D eigenvalue weighted by atomic mass is 16.2. The van der Waals surface area contributed by atoms with Gasteiger partial charge in [-0.25, -0.2) is 4.68 Å². The van der Waals surface area contributed by atoms with Crippen LogP contribution in [0.2, 0.25) is 0 Å². The van der Waals surface area contributed by atoms with Gasteiger partial charge in [0.2, 0.25) is 11.8 Å². The van der Waals surface area contributed by atoms with Gasteiger partial charge in [0.15, 0.2) is 5.82 Å². The Hall–Kier alpha value is -2.70. The van der Waals surface area contributed by atoms with Crippen molar-refractivity contribution >= 4 is 23.3 Å². The summed E-state index contributed by atoms with van der Waals surface area (Å²) in [4.78, 5) is 23.9. The number of anilines is 2. The van der Waals surface area contributed by atoms with Crippen LogP contribution in [-0.4, -0.2) is 26.8 Å². The van der Waals surface area contributed by atoms with Crippen LogP contribution < -0.4 is 10.6 Å². The van der Waals surface area contributed by atoms with Gasteiger partial charge in [0.1, 0.15) is 6.54 Å². The number of nitrogens with zero attached hydrogens (tertiary/aromatic N) is 3. The van der Waals surface area contributed by atoms with Gasteiger partial charge in [-0.05, 0) is 31.4 Å². The molecule has 3 rings (SSSR count). The molecule has 1 fully saturated rings. The minimum absolute atomic E-state index is 0.0207. The van der Waals surface area contributed by atoms with E-state index in [0.717, 1.165) is 30.5 Å². The molecule has 7 nitrogen and oxygen atoms in total. The molecule has 0 aliphatic heterocycles. The van der Waals surface area contributed by atoms with Crippen molar-refractivity contribution in [3.8, 4) is 0 Å². The summed E-state index contributed by atoms with van der Waals surface area (Å²) in [7, 11) is 0. The number of benzene rings is 1. The molecule has 1 aromatic heterocycles. The van der Waals surface area contributed by atoms with Crippen molar-refractivity contribution in [2.45, 2.75) is 32.7 Å². The van der Waals surface area contributed by atoms with Crippen LogP contribution in [0.1, 0.15) is 24.8 Å². The zero-order chi connectivity index (χ0) is 16.2. The SMILES string of the molecule is Cc1ccccc1NC(=O)Cn1cc(NC(=O)C2CCC2)nn1. The molecule has 0 radical (unpaired) electrons. The molecule has 0 saturated heterocycles. The molecular weight excluding hydrogens is 294 g/mol. The highest BCUT2D eigenvalue weighted by molar-refractivity contribution is 5.92. The second-order valence-corrected chi connectivity index (χ2v) is 5.78. The van der Waals surface area contributed by atoms with E-state index in [4.69, 9.17) is 0 Å². The number of aromatic nitrogens is 3. The van der Waals surface area contributed by atoms with Gasteiger partial charge >= 0.3 is 0 Å². The lowest BCUT2D eigenvalue weighted by molar-refractivity contribution is -0.122. The number of hydrogen-bond donors (Lipinski definition) is 2. The van der Waals surface area contributed by atoms with E-state index in [1.807, 2.05) is 31.2 Å². The van der Waals surface area contributed by atoms with Crippen LogP contribution in [0.4, 0.5) is 11.5 Å². The van der Waals surface area contributed by atoms with Crippen molar-refractivity contribution in [3.63, 3.8) is 0 Å². The number of carbonyl (C=O) groups excluding carboxylic acids is 2. The lowest BCUT2D eigenvalue weighted by Crippen LogP contribution is -2.28. The van der Waals surface area contributed by atoms with Crippen molar-refractivity contribution in [2.24, 2.45) is 5.92 Å². The number of amides is 2. The maximum Gasteiger partial charge on any atom is 0.246 e. The molecule has 0 spiro atoms. The van der Waals surface area contributed by atoms with Crippen LogP contribution in [0, 0.1) is 12.8 Å². The third kappa shape index (κ3) is 3.74. The molecule has 120 valence electrons. The summed E-state index contributed by atoms with van der Waals surface area (Å²) in [6.07, 6.45) is 4.52. The number of aryl methyl sites for hydroxylation is 1. The minimum Gasteiger partial charge on any atom is -0.324 e. The molecule has 7 heteroatoms. The van der Waals surface area contributed by atoms with Gasteiger partial charge in [-0.2, -0.15) is 0 Å². The Kier molecular flexibility index (Phi) is 4.36. The van der Waals surface area contributed by atoms with Crippen LogP contribution in [0.15, 0.2) is 30.5 Å². The smallest absolute Gasteiger partial charge is 0.246 e. The first-order chi connectivity index (χ1) is 11.1. The molecule has 1 aliphatic carbocycles. The van der Waals surface area contributed by atoms with E-state index in [-0.39, 0.29) is 24.3 Å². The average Bonchev–Trinajstić information content (AvgIpc) is 2.86. The number of carbonyl (C=O) groups is 2. The summed E-state index contributed by atoms with van der Waals surface area (Å²) >= 11 is 0. The molecule has 2 aromatic rings. The van der Waals surface area contributed by atoms with Gasteiger partial charge < -0.3 is 10.6 Å². The third-order valence-electron chi connectivity index (χ3n) is 3.99. The van der Waals surface area contributed by atoms with E-state index in [2.05, 4.69) is 20.9 Å². The van der Waals surface area contributed by atoms with Gasteiger partial charge in [-0.3, -0.25) is 9.59 Å². The van der Waals surface area contributed by atoms with Crippen molar-refractivity contribution in [2.75, 3.05) is 10.6 Å². The Morgan fingerprint density at radius 3 is 2.74 bits per heavy atom. The van der Waals surface area contributed by atoms with Crippen LogP contribution in [0.3, 0.4) is 0 Å². The van der Waals surface area contributed by atoms with Gasteiger partial charge in [-0.1, -0.05) is 29.8 Å². The Labute approximate surface area is 134 Å². The molecule has 0 bridgehead atoms. The minimum atomic E-state index is -0.193. The number of nitrogens with one attached hydrogen (secondary N) is 2. The number of rotatable bonds is 5. The fourth-order valence-electron chi connectivity index (χ4n) is 2.38. The molecule has 2 amide bonds. The summed E-state index contributed by atoms with van der Waals surface area (Å²) in [5.41, 5.74) is 1.77. The summed E-state index contributed by atoms with van der Waals surface area (Å²) in [6, 6.07) is 7.56. The Bertz CT molecular complexity index is 721. The highest BCUT2D eigenvalue weighted by Crippen LogP contribution is 2.27. The first-order valence-corrected chi connectivity index (χ1v) is 7.68. The Balaban J connectivity index is 1.55. The highest BCUT2D eigenvalue weighted by Gasteiger charge is 2.25. The summed E-state index contributed by atoms with van der Waals surface area (Å²) in [5, 5.41) is 13.3. The fourth-order valence-corrected chi connectivity index (χ4v) is 2.38. The summed E-state index contributed by atoms with van der Waals surface area (Å²) < 4.78 is 1.41. The summed E-state index contributed by atoms with van der Waals surface area (Å²) in [5.74, 6) is 0.254. The predicted molar refractivity (Wildman–Crippen MR) is 85.8 cm³/mol. The van der Waals surface area contributed by atoms with E-state index < -0.39 is 0 Å². The average molecular weight is 313 g/mol. The maximum atomic E-state index is 12.0. The fraction of sp³-hybridized carbons (Fsp3) is 0.375. The van der Waals surface area contributed by atoms with E-state index in [0.29, 0.717) is 5.82 Å². The lowest BCUT2D eigenvalue weighted by atomic mass is 9.85. The molecule has 1 saturated carbocycles. The Morgan fingerprint density at radius 1 is 1.26 bits per heavy atom. The molecule has 0 unspecified atom stereocenters. The van der Waals surface area contributed by atoms with Crippen LogP contribution in [0.5, 0.6) is 0 Å². The van der Waals surface area contributed by atoms with Crippen molar-refractivity contribution in [3.05, 3.63) is 36.0 Å². The predicted octanol–water partition coefficient (Wildman–Crippen LogP) is 1.96. The van der Waals surface area contributed by atoms with Crippen LogP contribution >= 0.6 is 0 Å². The molecule has 23 heavy (non-hydrogen) atoms. The van der Waals surface area contributed by atoms with Crippen molar-refractivity contribution in [1.82, 2.24) is 15.0 Å². The van der Waals surface area contributed by atoms with E-state index in [9.17, 15) is 9.59 Å². The molecule has 0 atom stereocenters.